The fourth-order valence-electron chi connectivity index (χ4n) is 3.83. The summed E-state index contributed by atoms with van der Waals surface area (Å²) in [6.07, 6.45) is -4.00. The van der Waals surface area contributed by atoms with Gasteiger partial charge in [-0.1, -0.05) is 36.4 Å². The molecule has 1 aliphatic rings. The lowest BCUT2D eigenvalue weighted by molar-refractivity contribution is -0.137. The molecule has 31 heavy (non-hydrogen) atoms. The second kappa shape index (κ2) is 9.60. The van der Waals surface area contributed by atoms with Gasteiger partial charge >= 0.3 is 12.3 Å². The number of methoxy groups -OCH3 is 1. The predicted octanol–water partition coefficient (Wildman–Crippen LogP) is 5.51. The van der Waals surface area contributed by atoms with E-state index in [1.807, 2.05) is 30.3 Å². The smallest absolute Gasteiger partial charge is 0.416 e. The van der Waals surface area contributed by atoms with Crippen LogP contribution >= 0.6 is 0 Å². The Bertz CT molecular complexity index is 887. The van der Waals surface area contributed by atoms with Gasteiger partial charge in [0.1, 0.15) is 5.75 Å². The van der Waals surface area contributed by atoms with E-state index >= 15 is 0 Å². The maximum absolute atomic E-state index is 13.0. The van der Waals surface area contributed by atoms with Gasteiger partial charge in [-0.3, -0.25) is 10.2 Å². The number of amides is 1. The van der Waals surface area contributed by atoms with Crippen LogP contribution in [-0.2, 0) is 17.5 Å². The molecule has 3 rings (SSSR count). The van der Waals surface area contributed by atoms with Crippen LogP contribution in [0.2, 0.25) is 0 Å². The maximum Gasteiger partial charge on any atom is 0.416 e. The van der Waals surface area contributed by atoms with Crippen molar-refractivity contribution in [3.63, 3.8) is 0 Å². The largest absolute Gasteiger partial charge is 0.496 e. The first kappa shape index (κ1) is 22.9. The van der Waals surface area contributed by atoms with Crippen LogP contribution in [0, 0.1) is 0 Å². The van der Waals surface area contributed by atoms with Crippen molar-refractivity contribution >= 4 is 6.09 Å². The van der Waals surface area contributed by atoms with Crippen LogP contribution in [0.25, 0.3) is 0 Å². The van der Waals surface area contributed by atoms with Gasteiger partial charge in [0.05, 0.1) is 31.0 Å². The minimum Gasteiger partial charge on any atom is -0.496 e. The first-order chi connectivity index (χ1) is 14.7. The van der Waals surface area contributed by atoms with Crippen molar-refractivity contribution in [2.24, 2.45) is 0 Å². The van der Waals surface area contributed by atoms with Gasteiger partial charge in [0.2, 0.25) is 0 Å². The number of alkyl halides is 3. The normalized spacial score (nSPS) is 19.0. The Labute approximate surface area is 180 Å². The van der Waals surface area contributed by atoms with Crippen LogP contribution in [0.4, 0.5) is 18.0 Å². The van der Waals surface area contributed by atoms with E-state index in [2.05, 4.69) is 5.32 Å². The lowest BCUT2D eigenvalue weighted by Crippen LogP contribution is -2.46. The van der Waals surface area contributed by atoms with Gasteiger partial charge in [0.15, 0.2) is 0 Å². The van der Waals surface area contributed by atoms with Crippen LogP contribution in [0.5, 0.6) is 5.75 Å². The zero-order chi connectivity index (χ0) is 22.6. The minimum atomic E-state index is -4.44. The topological polar surface area (TPSA) is 50.8 Å². The Kier molecular flexibility index (Phi) is 7.10. The number of likely N-dealkylation sites (tertiary alicyclic amines) is 1. The van der Waals surface area contributed by atoms with Gasteiger partial charge in [-0.25, -0.2) is 4.79 Å². The summed E-state index contributed by atoms with van der Waals surface area (Å²) in [5, 5.41) is 3.30. The van der Waals surface area contributed by atoms with Gasteiger partial charge in [-0.05, 0) is 44.4 Å². The summed E-state index contributed by atoms with van der Waals surface area (Å²) in [5.41, 5.74) is 0.829. The first-order valence-corrected chi connectivity index (χ1v) is 10.2. The molecule has 1 fully saturated rings. The Balaban J connectivity index is 1.79. The summed E-state index contributed by atoms with van der Waals surface area (Å²) in [4.78, 5) is 14.5. The molecule has 2 atom stereocenters. The first-order valence-electron chi connectivity index (χ1n) is 10.2. The number of benzene rings is 2. The van der Waals surface area contributed by atoms with Gasteiger partial charge < -0.3 is 9.47 Å². The van der Waals surface area contributed by atoms with Gasteiger partial charge in [0.25, 0.3) is 0 Å². The summed E-state index contributed by atoms with van der Waals surface area (Å²) in [5.74, 6) is 0.149. The molecule has 0 aromatic heterocycles. The third-order valence-corrected chi connectivity index (χ3v) is 5.26. The van der Waals surface area contributed by atoms with Crippen molar-refractivity contribution in [2.45, 2.75) is 57.7 Å². The van der Waals surface area contributed by atoms with Crippen molar-refractivity contribution < 1.29 is 27.4 Å². The second-order valence-electron chi connectivity index (χ2n) is 7.76. The Morgan fingerprint density at radius 2 is 1.87 bits per heavy atom. The Morgan fingerprint density at radius 3 is 2.48 bits per heavy atom. The molecule has 0 spiro atoms. The Morgan fingerprint density at radius 1 is 1.16 bits per heavy atom. The maximum atomic E-state index is 13.0. The quantitative estimate of drug-likeness (QED) is 0.649. The summed E-state index contributed by atoms with van der Waals surface area (Å²) < 4.78 is 49.6. The highest BCUT2D eigenvalue weighted by atomic mass is 19.4. The predicted molar refractivity (Wildman–Crippen MR) is 110 cm³/mol. The lowest BCUT2D eigenvalue weighted by atomic mass is 10.1. The molecule has 8 heteroatoms. The van der Waals surface area contributed by atoms with Crippen LogP contribution in [-0.4, -0.2) is 30.4 Å². The molecule has 1 heterocycles. The van der Waals surface area contributed by atoms with Crippen LogP contribution in [0.15, 0.2) is 48.5 Å². The Hall–Kier alpha value is -2.74. The molecule has 1 amide bonds. The molecule has 168 valence electrons. The molecule has 0 saturated carbocycles. The molecule has 1 N–H and O–H groups in total. The number of carbonyl (C=O) groups excluding carboxylic acids is 1. The molecule has 0 aliphatic carbocycles. The number of hydrogen-bond donors (Lipinski definition) is 1. The van der Waals surface area contributed by atoms with Crippen molar-refractivity contribution in [1.82, 2.24) is 10.2 Å². The molecular formula is C23H27F3N2O3. The van der Waals surface area contributed by atoms with Crippen molar-refractivity contribution in [1.29, 1.82) is 0 Å². The van der Waals surface area contributed by atoms with Crippen molar-refractivity contribution in [3.05, 3.63) is 65.2 Å². The van der Waals surface area contributed by atoms with E-state index < -0.39 is 17.8 Å². The van der Waals surface area contributed by atoms with Gasteiger partial charge in [-0.15, -0.1) is 0 Å². The minimum absolute atomic E-state index is 0.139. The number of hydrogen-bond acceptors (Lipinski definition) is 4. The fraction of sp³-hybridized carbons (Fsp3) is 0.435. The highest BCUT2D eigenvalue weighted by Gasteiger charge is 2.39. The second-order valence-corrected chi connectivity index (χ2v) is 7.76. The summed E-state index contributed by atoms with van der Waals surface area (Å²) in [7, 11) is 1.34. The summed E-state index contributed by atoms with van der Waals surface area (Å²) in [6.45, 7) is 3.83. The molecule has 0 bridgehead atoms. The number of rotatable bonds is 6. The van der Waals surface area contributed by atoms with E-state index in [1.165, 1.54) is 13.2 Å². The number of nitrogens with one attached hydrogen (secondary N) is 1. The highest BCUT2D eigenvalue weighted by molar-refractivity contribution is 5.69. The van der Waals surface area contributed by atoms with Crippen molar-refractivity contribution in [2.75, 3.05) is 7.11 Å². The molecule has 2 aromatic carbocycles. The molecule has 5 nitrogen and oxygen atoms in total. The molecule has 2 unspecified atom stereocenters. The SMILES string of the molecule is COc1cc(C(F)(F)F)ccc1CNC1CCC(c2ccccc2)N1C(=O)OC(C)C. The van der Waals surface area contributed by atoms with Crippen LogP contribution in [0.1, 0.15) is 49.4 Å². The standard InChI is InChI=1S/C23H27F3N2O3/c1-15(2)31-22(29)28-19(16-7-5-4-6-8-16)11-12-21(28)27-14-17-9-10-18(23(24,25)26)13-20(17)30-3/h4-10,13,15,19,21,27H,11-12,14H2,1-3H3. The van der Waals surface area contributed by atoms with Crippen molar-refractivity contribution in [3.8, 4) is 5.75 Å². The number of ether oxygens (including phenoxy) is 2. The molecule has 1 aliphatic heterocycles. The average Bonchev–Trinajstić information content (AvgIpc) is 3.15. The van der Waals surface area contributed by atoms with E-state index in [-0.39, 0.29) is 30.6 Å². The third-order valence-electron chi connectivity index (χ3n) is 5.26. The molecular weight excluding hydrogens is 409 g/mol. The van der Waals surface area contributed by atoms with E-state index in [0.717, 1.165) is 24.1 Å². The lowest BCUT2D eigenvalue weighted by Gasteiger charge is -2.31. The zero-order valence-electron chi connectivity index (χ0n) is 17.8. The fourth-order valence-corrected chi connectivity index (χ4v) is 3.83. The van der Waals surface area contributed by atoms with Gasteiger partial charge in [0, 0.05) is 12.1 Å². The van der Waals surface area contributed by atoms with Crippen LogP contribution < -0.4 is 10.1 Å². The van der Waals surface area contributed by atoms with E-state index in [0.29, 0.717) is 12.0 Å². The summed E-state index contributed by atoms with van der Waals surface area (Å²) >= 11 is 0. The molecule has 0 radical (unpaired) electrons. The monoisotopic (exact) mass is 436 g/mol. The number of halogens is 3. The van der Waals surface area contributed by atoms with E-state index in [9.17, 15) is 18.0 Å². The number of carbonyl (C=O) groups is 1. The van der Waals surface area contributed by atoms with Gasteiger partial charge in [-0.2, -0.15) is 13.2 Å². The van der Waals surface area contributed by atoms with Crippen LogP contribution in [0.3, 0.4) is 0 Å². The third kappa shape index (κ3) is 5.50. The number of nitrogens with zero attached hydrogens (tertiary/aromatic N) is 1. The average molecular weight is 436 g/mol. The highest BCUT2D eigenvalue weighted by Crippen LogP contribution is 2.37. The molecule has 2 aromatic rings. The molecule has 1 saturated heterocycles. The van der Waals surface area contributed by atoms with E-state index in [1.54, 1.807) is 18.7 Å². The van der Waals surface area contributed by atoms with E-state index in [4.69, 9.17) is 9.47 Å². The zero-order valence-corrected chi connectivity index (χ0v) is 17.8. The summed E-state index contributed by atoms with van der Waals surface area (Å²) in [6, 6.07) is 13.0.